The number of carboxylic acid groups (broad SMARTS) is 1. The number of anilines is 1. The van der Waals surface area contributed by atoms with Crippen LogP contribution in [0.4, 0.5) is 5.69 Å². The molecule has 1 aliphatic heterocycles. The van der Waals surface area contributed by atoms with Gasteiger partial charge in [-0.3, -0.25) is 4.98 Å². The SMILES string of the molecule is O=C(O)c1ccc2c(c1)cc(N1CCCCC1)c1ccncc12.[NaH]. The standard InChI is InChI=1S/C19H18N2O2.Na.H/c22-19(23)13-4-5-15-14(10-13)11-18(21-8-2-1-3-9-21)16-6-7-20-12-17(15)16;;/h4-7,10-12H,1-3,8-9H2,(H,22,23);;. The van der Waals surface area contributed by atoms with Gasteiger partial charge in [-0.15, -0.1) is 0 Å². The molecule has 0 amide bonds. The quantitative estimate of drug-likeness (QED) is 0.578. The Balaban J connectivity index is 0.00000169. The summed E-state index contributed by atoms with van der Waals surface area (Å²) in [5, 5.41) is 13.5. The molecule has 0 bridgehead atoms. The van der Waals surface area contributed by atoms with E-state index in [0.717, 1.165) is 29.2 Å². The van der Waals surface area contributed by atoms with Crippen molar-refractivity contribution in [2.75, 3.05) is 18.0 Å². The number of aromatic carboxylic acids is 1. The summed E-state index contributed by atoms with van der Waals surface area (Å²) < 4.78 is 0. The van der Waals surface area contributed by atoms with E-state index in [1.807, 2.05) is 18.5 Å². The van der Waals surface area contributed by atoms with Crippen LogP contribution in [-0.2, 0) is 0 Å². The van der Waals surface area contributed by atoms with Gasteiger partial charge in [0.1, 0.15) is 0 Å². The summed E-state index contributed by atoms with van der Waals surface area (Å²) >= 11 is 0. The summed E-state index contributed by atoms with van der Waals surface area (Å²) in [5.41, 5.74) is 1.52. The number of hydrogen-bond acceptors (Lipinski definition) is 3. The monoisotopic (exact) mass is 330 g/mol. The Morgan fingerprint density at radius 1 is 1.00 bits per heavy atom. The first-order valence-electron chi connectivity index (χ1n) is 8.03. The van der Waals surface area contributed by atoms with Crippen LogP contribution in [0.25, 0.3) is 21.5 Å². The number of hydrogen-bond donors (Lipinski definition) is 1. The number of benzene rings is 2. The van der Waals surface area contributed by atoms with Crippen LogP contribution >= 0.6 is 0 Å². The molecule has 0 aliphatic carbocycles. The zero-order chi connectivity index (χ0) is 15.8. The van der Waals surface area contributed by atoms with Crippen molar-refractivity contribution >= 4 is 62.8 Å². The van der Waals surface area contributed by atoms with E-state index in [9.17, 15) is 9.90 Å². The van der Waals surface area contributed by atoms with Crippen LogP contribution in [0.5, 0.6) is 0 Å². The zero-order valence-corrected chi connectivity index (χ0v) is 12.8. The van der Waals surface area contributed by atoms with Crippen molar-refractivity contribution in [2.45, 2.75) is 19.3 Å². The van der Waals surface area contributed by atoms with E-state index in [0.29, 0.717) is 5.56 Å². The molecule has 0 unspecified atom stereocenters. The van der Waals surface area contributed by atoms with E-state index >= 15 is 0 Å². The third-order valence-corrected chi connectivity index (χ3v) is 4.67. The Bertz CT molecular complexity index is 904. The van der Waals surface area contributed by atoms with Gasteiger partial charge < -0.3 is 10.0 Å². The first-order chi connectivity index (χ1) is 11.2. The molecule has 1 fully saturated rings. The van der Waals surface area contributed by atoms with E-state index in [1.54, 1.807) is 12.1 Å². The molecule has 118 valence electrons. The first-order valence-corrected chi connectivity index (χ1v) is 8.03. The molecule has 0 radical (unpaired) electrons. The molecule has 0 saturated carbocycles. The van der Waals surface area contributed by atoms with Crippen LogP contribution in [-0.4, -0.2) is 58.7 Å². The average molecular weight is 330 g/mol. The Labute approximate surface area is 162 Å². The van der Waals surface area contributed by atoms with Crippen LogP contribution in [0.15, 0.2) is 42.7 Å². The summed E-state index contributed by atoms with van der Waals surface area (Å²) in [6.45, 7) is 2.11. The Hall–Kier alpha value is -1.62. The fourth-order valence-electron chi connectivity index (χ4n) is 3.51. The molecule has 2 heterocycles. The van der Waals surface area contributed by atoms with Gasteiger partial charge in [-0.05, 0) is 54.3 Å². The number of carboxylic acids is 1. The van der Waals surface area contributed by atoms with Crippen LogP contribution < -0.4 is 4.90 Å². The topological polar surface area (TPSA) is 53.4 Å². The summed E-state index contributed by atoms with van der Waals surface area (Å²) in [5.74, 6) is -0.891. The fraction of sp³-hybridized carbons (Fsp3) is 0.263. The molecule has 4 nitrogen and oxygen atoms in total. The molecule has 0 spiro atoms. The molecule has 5 heteroatoms. The summed E-state index contributed by atoms with van der Waals surface area (Å²) in [7, 11) is 0. The summed E-state index contributed by atoms with van der Waals surface area (Å²) in [6.07, 6.45) is 7.41. The van der Waals surface area contributed by atoms with Crippen LogP contribution in [0.1, 0.15) is 29.6 Å². The van der Waals surface area contributed by atoms with Gasteiger partial charge in [-0.25, -0.2) is 4.79 Å². The minimum atomic E-state index is -0.891. The Morgan fingerprint density at radius 2 is 1.79 bits per heavy atom. The minimum absolute atomic E-state index is 0. The van der Waals surface area contributed by atoms with Crippen molar-refractivity contribution in [1.82, 2.24) is 4.98 Å². The molecule has 1 saturated heterocycles. The number of aromatic nitrogens is 1. The third kappa shape index (κ3) is 3.02. The van der Waals surface area contributed by atoms with Gasteiger partial charge in [0, 0.05) is 41.9 Å². The normalized spacial score (nSPS) is 14.6. The Kier molecular flexibility index (Phi) is 5.09. The van der Waals surface area contributed by atoms with Crippen LogP contribution in [0.3, 0.4) is 0 Å². The van der Waals surface area contributed by atoms with E-state index in [-0.39, 0.29) is 29.6 Å². The summed E-state index contributed by atoms with van der Waals surface area (Å²) in [6, 6.07) is 9.51. The maximum atomic E-state index is 11.3. The van der Waals surface area contributed by atoms with E-state index in [1.165, 1.54) is 30.3 Å². The van der Waals surface area contributed by atoms with Gasteiger partial charge in [-0.2, -0.15) is 0 Å². The number of pyridine rings is 1. The fourth-order valence-corrected chi connectivity index (χ4v) is 3.51. The Morgan fingerprint density at radius 3 is 2.54 bits per heavy atom. The van der Waals surface area contributed by atoms with Crippen molar-refractivity contribution in [3.05, 3.63) is 48.3 Å². The van der Waals surface area contributed by atoms with Gasteiger partial charge in [0.15, 0.2) is 0 Å². The molecule has 0 atom stereocenters. The van der Waals surface area contributed by atoms with Gasteiger partial charge in [0.05, 0.1) is 5.56 Å². The van der Waals surface area contributed by atoms with Crippen LogP contribution in [0, 0.1) is 0 Å². The van der Waals surface area contributed by atoms with E-state index in [2.05, 4.69) is 22.0 Å². The second-order valence-corrected chi connectivity index (χ2v) is 6.11. The van der Waals surface area contributed by atoms with Crippen molar-refractivity contribution in [2.24, 2.45) is 0 Å². The maximum absolute atomic E-state index is 11.3. The molecular weight excluding hydrogens is 311 g/mol. The zero-order valence-electron chi connectivity index (χ0n) is 12.8. The molecule has 1 N–H and O–H groups in total. The second-order valence-electron chi connectivity index (χ2n) is 6.11. The van der Waals surface area contributed by atoms with Gasteiger partial charge in [-0.1, -0.05) is 6.07 Å². The predicted molar refractivity (Wildman–Crippen MR) is 99.4 cm³/mol. The average Bonchev–Trinajstić information content (AvgIpc) is 2.61. The van der Waals surface area contributed by atoms with Crippen molar-refractivity contribution in [1.29, 1.82) is 0 Å². The van der Waals surface area contributed by atoms with Gasteiger partial charge in [0.25, 0.3) is 0 Å². The van der Waals surface area contributed by atoms with E-state index in [4.69, 9.17) is 0 Å². The van der Waals surface area contributed by atoms with Crippen molar-refractivity contribution in [3.63, 3.8) is 0 Å². The molecule has 4 rings (SSSR count). The number of fused-ring (bicyclic) bond motifs is 3. The van der Waals surface area contributed by atoms with Crippen molar-refractivity contribution < 1.29 is 9.90 Å². The molecule has 1 aliphatic rings. The third-order valence-electron chi connectivity index (χ3n) is 4.67. The molecular formula is C19H19N2NaO2. The van der Waals surface area contributed by atoms with Gasteiger partial charge >= 0.3 is 35.5 Å². The number of rotatable bonds is 2. The first kappa shape index (κ1) is 17.2. The molecule has 2 aromatic carbocycles. The van der Waals surface area contributed by atoms with Crippen molar-refractivity contribution in [3.8, 4) is 0 Å². The van der Waals surface area contributed by atoms with E-state index < -0.39 is 5.97 Å². The molecule has 1 aromatic heterocycles. The molecule has 24 heavy (non-hydrogen) atoms. The van der Waals surface area contributed by atoms with Gasteiger partial charge in [0.2, 0.25) is 0 Å². The second kappa shape index (κ2) is 7.09. The predicted octanol–water partition coefficient (Wildman–Crippen LogP) is 3.43. The number of carbonyl (C=O) groups is 1. The molecule has 3 aromatic rings. The summed E-state index contributed by atoms with van der Waals surface area (Å²) in [4.78, 5) is 18.0. The van der Waals surface area contributed by atoms with Crippen LogP contribution in [0.2, 0.25) is 0 Å². The number of nitrogens with zero attached hydrogens (tertiary/aromatic N) is 2. The number of piperidine rings is 1.